The number of urea groups is 1. The van der Waals surface area contributed by atoms with Gasteiger partial charge in [-0.15, -0.1) is 0 Å². The molecule has 1 saturated carbocycles. The van der Waals surface area contributed by atoms with Gasteiger partial charge < -0.3 is 14.5 Å². The van der Waals surface area contributed by atoms with Crippen LogP contribution in [0, 0.1) is 5.92 Å². The number of hydrogen-bond donors (Lipinski definition) is 1. The Morgan fingerprint density at radius 3 is 2.41 bits per heavy atom. The first-order chi connectivity index (χ1) is 16.6. The first kappa shape index (κ1) is 23.7. The minimum atomic E-state index is -0.489. The predicted octanol–water partition coefficient (Wildman–Crippen LogP) is 3.74. The molecule has 0 spiro atoms. The largest absolute Gasteiger partial charge is 0.494 e. The van der Waals surface area contributed by atoms with Crippen molar-refractivity contribution < 1.29 is 19.1 Å². The summed E-state index contributed by atoms with van der Waals surface area (Å²) in [6.45, 7) is 2.19. The van der Waals surface area contributed by atoms with Gasteiger partial charge in [0.1, 0.15) is 5.75 Å². The molecule has 1 aliphatic carbocycles. The van der Waals surface area contributed by atoms with Crippen molar-refractivity contribution >= 4 is 17.8 Å². The van der Waals surface area contributed by atoms with E-state index >= 15 is 0 Å². The molecular formula is C26H32N4O4. The lowest BCUT2D eigenvalue weighted by molar-refractivity contribution is 0.0659. The maximum Gasteiger partial charge on any atom is 0.324 e. The normalized spacial score (nSPS) is 16.7. The van der Waals surface area contributed by atoms with Gasteiger partial charge in [-0.3, -0.25) is 19.9 Å². The van der Waals surface area contributed by atoms with Crippen LogP contribution < -0.4 is 10.1 Å². The average Bonchev–Trinajstić information content (AvgIpc) is 2.89. The van der Waals surface area contributed by atoms with E-state index in [1.807, 2.05) is 12.1 Å². The van der Waals surface area contributed by atoms with E-state index in [2.05, 4.69) is 10.3 Å². The topological polar surface area (TPSA) is 91.8 Å². The van der Waals surface area contributed by atoms with Gasteiger partial charge in [0.05, 0.1) is 12.2 Å². The molecule has 0 atom stereocenters. The van der Waals surface area contributed by atoms with Gasteiger partial charge >= 0.3 is 6.03 Å². The maximum atomic E-state index is 13.0. The third-order valence-electron chi connectivity index (χ3n) is 6.60. The molecule has 4 amide bonds. The summed E-state index contributed by atoms with van der Waals surface area (Å²) in [4.78, 5) is 44.8. The number of carbonyl (C=O) groups excluding carboxylic acids is 3. The number of aromatic nitrogens is 1. The Labute approximate surface area is 200 Å². The predicted molar refractivity (Wildman–Crippen MR) is 128 cm³/mol. The van der Waals surface area contributed by atoms with E-state index in [0.717, 1.165) is 12.3 Å². The average molecular weight is 465 g/mol. The second kappa shape index (κ2) is 11.6. The molecule has 0 radical (unpaired) electrons. The van der Waals surface area contributed by atoms with Crippen LogP contribution in [-0.4, -0.2) is 65.4 Å². The van der Waals surface area contributed by atoms with Crippen LogP contribution in [0.5, 0.6) is 5.75 Å². The van der Waals surface area contributed by atoms with Crippen LogP contribution in [0.2, 0.25) is 0 Å². The number of rotatable bonds is 6. The van der Waals surface area contributed by atoms with Crippen molar-refractivity contribution in [2.45, 2.75) is 38.5 Å². The van der Waals surface area contributed by atoms with Crippen molar-refractivity contribution in [3.05, 3.63) is 59.9 Å². The second-order valence-electron chi connectivity index (χ2n) is 8.95. The van der Waals surface area contributed by atoms with Crippen LogP contribution in [-0.2, 0) is 0 Å². The van der Waals surface area contributed by atoms with Crippen LogP contribution in [0.15, 0.2) is 48.8 Å². The minimum absolute atomic E-state index is 0.0794. The van der Waals surface area contributed by atoms with E-state index in [0.29, 0.717) is 49.7 Å². The highest BCUT2D eigenvalue weighted by Gasteiger charge is 2.26. The first-order valence-corrected chi connectivity index (χ1v) is 12.1. The van der Waals surface area contributed by atoms with Crippen molar-refractivity contribution in [1.82, 2.24) is 20.1 Å². The maximum absolute atomic E-state index is 13.0. The lowest BCUT2D eigenvalue weighted by Gasteiger charge is -2.34. The summed E-state index contributed by atoms with van der Waals surface area (Å²) in [5.74, 6) is 0.904. The number of ether oxygens (including phenoxy) is 1. The number of nitrogens with zero attached hydrogens (tertiary/aromatic N) is 3. The van der Waals surface area contributed by atoms with Gasteiger partial charge in [0, 0.05) is 44.1 Å². The number of piperazine rings is 1. The molecule has 4 rings (SSSR count). The number of imide groups is 1. The Morgan fingerprint density at radius 1 is 0.941 bits per heavy atom. The minimum Gasteiger partial charge on any atom is -0.494 e. The second-order valence-corrected chi connectivity index (χ2v) is 8.95. The van der Waals surface area contributed by atoms with Gasteiger partial charge in [-0.1, -0.05) is 38.2 Å². The standard InChI is InChI=1S/C26H32N4O4/c31-24(22-9-5-12-27-19-22)28-26(33)30-15-13-29(14-16-30)25(32)21-8-4-10-23(18-21)34-17-11-20-6-2-1-3-7-20/h4-5,8-10,12,18-20H,1-3,6-7,11,13-17H2,(H,28,31,33). The summed E-state index contributed by atoms with van der Waals surface area (Å²) < 4.78 is 5.94. The molecule has 1 N–H and O–H groups in total. The highest BCUT2D eigenvalue weighted by Crippen LogP contribution is 2.26. The van der Waals surface area contributed by atoms with Gasteiger partial charge in [-0.05, 0) is 42.7 Å². The van der Waals surface area contributed by atoms with Crippen LogP contribution in [0.1, 0.15) is 59.2 Å². The van der Waals surface area contributed by atoms with Crippen molar-refractivity contribution in [2.75, 3.05) is 32.8 Å². The molecule has 1 aliphatic heterocycles. The van der Waals surface area contributed by atoms with E-state index in [1.165, 1.54) is 38.3 Å². The quantitative estimate of drug-likeness (QED) is 0.703. The molecule has 8 heteroatoms. The fourth-order valence-electron chi connectivity index (χ4n) is 4.58. The molecule has 2 heterocycles. The number of amides is 4. The SMILES string of the molecule is O=C(NC(=O)N1CCN(C(=O)c2cccc(OCCC3CCCCC3)c2)CC1)c1cccnc1. The molecule has 8 nitrogen and oxygen atoms in total. The van der Waals surface area contributed by atoms with Crippen molar-refractivity contribution in [1.29, 1.82) is 0 Å². The summed E-state index contributed by atoms with van der Waals surface area (Å²) in [6, 6.07) is 10.1. The lowest BCUT2D eigenvalue weighted by Crippen LogP contribution is -2.54. The van der Waals surface area contributed by atoms with Crippen molar-refractivity contribution in [3.8, 4) is 5.75 Å². The molecule has 1 aromatic carbocycles. The van der Waals surface area contributed by atoms with E-state index in [9.17, 15) is 14.4 Å². The van der Waals surface area contributed by atoms with E-state index in [1.54, 1.807) is 40.3 Å². The molecule has 0 bridgehead atoms. The smallest absolute Gasteiger partial charge is 0.324 e. The van der Waals surface area contributed by atoms with Crippen LogP contribution in [0.25, 0.3) is 0 Å². The summed E-state index contributed by atoms with van der Waals surface area (Å²) in [7, 11) is 0. The number of hydrogen-bond acceptors (Lipinski definition) is 5. The van der Waals surface area contributed by atoms with E-state index in [-0.39, 0.29) is 5.91 Å². The fourth-order valence-corrected chi connectivity index (χ4v) is 4.58. The van der Waals surface area contributed by atoms with Crippen molar-refractivity contribution in [3.63, 3.8) is 0 Å². The van der Waals surface area contributed by atoms with Crippen LogP contribution >= 0.6 is 0 Å². The highest BCUT2D eigenvalue weighted by atomic mass is 16.5. The van der Waals surface area contributed by atoms with Crippen LogP contribution in [0.4, 0.5) is 4.79 Å². The molecule has 2 aromatic rings. The van der Waals surface area contributed by atoms with Gasteiger partial charge in [0.15, 0.2) is 0 Å². The lowest BCUT2D eigenvalue weighted by atomic mass is 9.87. The molecule has 1 aromatic heterocycles. The van der Waals surface area contributed by atoms with Gasteiger partial charge in [-0.25, -0.2) is 4.79 Å². The Hall–Kier alpha value is -3.42. The van der Waals surface area contributed by atoms with Gasteiger partial charge in [0.25, 0.3) is 11.8 Å². The summed E-state index contributed by atoms with van der Waals surface area (Å²) in [5, 5.41) is 2.38. The first-order valence-electron chi connectivity index (χ1n) is 12.1. The summed E-state index contributed by atoms with van der Waals surface area (Å²) in [6.07, 6.45) is 10.6. The number of pyridine rings is 1. The molecule has 180 valence electrons. The zero-order valence-corrected chi connectivity index (χ0v) is 19.4. The Balaban J connectivity index is 1.24. The molecule has 2 fully saturated rings. The molecule has 1 saturated heterocycles. The zero-order valence-electron chi connectivity index (χ0n) is 19.4. The number of benzene rings is 1. The molecule has 34 heavy (non-hydrogen) atoms. The van der Waals surface area contributed by atoms with Crippen molar-refractivity contribution in [2.24, 2.45) is 5.92 Å². The van der Waals surface area contributed by atoms with E-state index < -0.39 is 11.9 Å². The van der Waals surface area contributed by atoms with Gasteiger partial charge in [-0.2, -0.15) is 0 Å². The Bertz CT molecular complexity index is 983. The summed E-state index contributed by atoms with van der Waals surface area (Å²) >= 11 is 0. The molecular weight excluding hydrogens is 432 g/mol. The molecule has 0 unspecified atom stereocenters. The zero-order chi connectivity index (χ0) is 23.8. The van der Waals surface area contributed by atoms with E-state index in [4.69, 9.17) is 4.74 Å². The highest BCUT2D eigenvalue weighted by molar-refractivity contribution is 6.04. The number of nitrogens with one attached hydrogen (secondary N) is 1. The van der Waals surface area contributed by atoms with Gasteiger partial charge in [0.2, 0.25) is 0 Å². The Kier molecular flexibility index (Phi) is 8.12. The molecule has 2 aliphatic rings. The number of carbonyl (C=O) groups is 3. The third-order valence-corrected chi connectivity index (χ3v) is 6.60. The summed E-state index contributed by atoms with van der Waals surface area (Å²) in [5.41, 5.74) is 0.908. The third kappa shape index (κ3) is 6.34. The monoisotopic (exact) mass is 464 g/mol. The Morgan fingerprint density at radius 2 is 1.68 bits per heavy atom. The van der Waals surface area contributed by atoms with Crippen LogP contribution in [0.3, 0.4) is 0 Å². The fraction of sp³-hybridized carbons (Fsp3) is 0.462.